The van der Waals surface area contributed by atoms with Gasteiger partial charge in [0.1, 0.15) is 0 Å². The average Bonchev–Trinajstić information content (AvgIpc) is 2.66. The maximum atomic E-state index is 10.7. The summed E-state index contributed by atoms with van der Waals surface area (Å²) < 4.78 is 0. The number of carboxylic acids is 1. The second kappa shape index (κ2) is 4.11. The van der Waals surface area contributed by atoms with Gasteiger partial charge in [0.25, 0.3) is 0 Å². The average molecular weight is 220 g/mol. The van der Waals surface area contributed by atoms with E-state index < -0.39 is 5.97 Å². The molecule has 3 heteroatoms. The molecule has 0 atom stereocenters. The number of rotatable bonds is 2. The first kappa shape index (κ1) is 10.3. The van der Waals surface area contributed by atoms with Gasteiger partial charge in [0, 0.05) is 0 Å². The Morgan fingerprint density at radius 2 is 2.20 bits per heavy atom. The molecule has 0 fully saturated rings. The molecule has 1 aliphatic rings. The highest BCUT2D eigenvalue weighted by Gasteiger charge is 2.13. The zero-order valence-corrected chi connectivity index (χ0v) is 9.13. The second-order valence-corrected chi connectivity index (χ2v) is 4.16. The van der Waals surface area contributed by atoms with Gasteiger partial charge < -0.3 is 5.11 Å². The van der Waals surface area contributed by atoms with Crippen molar-refractivity contribution in [2.45, 2.75) is 19.3 Å². The van der Waals surface area contributed by atoms with E-state index in [1.54, 1.807) is 6.08 Å². The first-order chi connectivity index (χ1) is 7.18. The number of benzene rings is 1. The summed E-state index contributed by atoms with van der Waals surface area (Å²) in [7, 11) is 0. The number of aliphatic carboxylic acids is 1. The number of carbonyl (C=O) groups is 1. The first-order valence-corrected chi connectivity index (χ1v) is 5.38. The van der Waals surface area contributed by atoms with Gasteiger partial charge in [-0.1, -0.05) is 18.2 Å². The Bertz CT molecular complexity index is 435. The fourth-order valence-corrected chi connectivity index (χ4v) is 2.13. The summed E-state index contributed by atoms with van der Waals surface area (Å²) in [4.78, 5) is 10.8. The van der Waals surface area contributed by atoms with E-state index in [9.17, 15) is 4.79 Å². The van der Waals surface area contributed by atoms with E-state index >= 15 is 0 Å². The smallest absolute Gasteiger partial charge is 0.341 e. The van der Waals surface area contributed by atoms with Crippen LogP contribution in [0.25, 0.3) is 6.08 Å². The largest absolute Gasteiger partial charge is 0.477 e. The van der Waals surface area contributed by atoms with Gasteiger partial charge in [0.2, 0.25) is 0 Å². The number of aryl methyl sites for hydroxylation is 1. The molecule has 0 saturated heterocycles. The lowest BCUT2D eigenvalue weighted by atomic mass is 10.0. The van der Waals surface area contributed by atoms with E-state index in [1.807, 2.05) is 12.1 Å². The van der Waals surface area contributed by atoms with Gasteiger partial charge in [-0.3, -0.25) is 0 Å². The third kappa shape index (κ3) is 2.07. The first-order valence-electron chi connectivity index (χ1n) is 4.93. The zero-order valence-electron chi connectivity index (χ0n) is 8.23. The summed E-state index contributed by atoms with van der Waals surface area (Å²) in [6.45, 7) is 0. The summed E-state index contributed by atoms with van der Waals surface area (Å²) in [5, 5.41) is 8.75. The molecule has 1 aromatic carbocycles. The summed E-state index contributed by atoms with van der Waals surface area (Å²) in [6, 6.07) is 6.03. The van der Waals surface area contributed by atoms with Gasteiger partial charge >= 0.3 is 5.97 Å². The molecule has 1 N–H and O–H groups in total. The van der Waals surface area contributed by atoms with Gasteiger partial charge in [-0.15, -0.1) is 12.6 Å². The molecule has 0 spiro atoms. The minimum Gasteiger partial charge on any atom is -0.477 e. The molecule has 78 valence electrons. The van der Waals surface area contributed by atoms with Crippen molar-refractivity contribution in [3.8, 4) is 0 Å². The SMILES string of the molecule is O=C(O)/C(S)=C/c1cccc2c1CCC2. The van der Waals surface area contributed by atoms with Crippen LogP contribution in [0.3, 0.4) is 0 Å². The Morgan fingerprint density at radius 1 is 1.40 bits per heavy atom. The highest BCUT2D eigenvalue weighted by molar-refractivity contribution is 7.85. The maximum absolute atomic E-state index is 10.7. The normalized spacial score (nSPS) is 15.1. The van der Waals surface area contributed by atoms with E-state index in [-0.39, 0.29) is 4.91 Å². The molecule has 2 nitrogen and oxygen atoms in total. The minimum atomic E-state index is -0.978. The number of thiol groups is 1. The van der Waals surface area contributed by atoms with Crippen LogP contribution in [0.15, 0.2) is 23.1 Å². The molecule has 0 saturated carbocycles. The summed E-state index contributed by atoms with van der Waals surface area (Å²) >= 11 is 3.94. The molecule has 15 heavy (non-hydrogen) atoms. The summed E-state index contributed by atoms with van der Waals surface area (Å²) in [5.74, 6) is -0.978. The topological polar surface area (TPSA) is 37.3 Å². The molecule has 0 heterocycles. The van der Waals surface area contributed by atoms with Crippen molar-refractivity contribution in [1.29, 1.82) is 0 Å². The van der Waals surface area contributed by atoms with Crippen molar-refractivity contribution in [3.05, 3.63) is 39.8 Å². The molecule has 0 aromatic heterocycles. The Morgan fingerprint density at radius 3 is 2.93 bits per heavy atom. The molecule has 2 rings (SSSR count). The standard InChI is InChI=1S/C12H12O2S/c13-12(14)11(15)7-9-5-1-3-8-4-2-6-10(8)9/h1,3,5,7,15H,2,4,6H2,(H,13,14)/b11-7-. The highest BCUT2D eigenvalue weighted by Crippen LogP contribution is 2.27. The van der Waals surface area contributed by atoms with Crippen molar-refractivity contribution in [1.82, 2.24) is 0 Å². The van der Waals surface area contributed by atoms with Crippen molar-refractivity contribution < 1.29 is 9.90 Å². The van der Waals surface area contributed by atoms with Crippen LogP contribution in [-0.2, 0) is 17.6 Å². The lowest BCUT2D eigenvalue weighted by molar-refractivity contribution is -0.131. The molecule has 0 aliphatic heterocycles. The summed E-state index contributed by atoms with van der Waals surface area (Å²) in [5.41, 5.74) is 3.62. The van der Waals surface area contributed by atoms with Crippen molar-refractivity contribution in [3.63, 3.8) is 0 Å². The number of hydrogen-bond donors (Lipinski definition) is 2. The van der Waals surface area contributed by atoms with E-state index in [2.05, 4.69) is 18.7 Å². The van der Waals surface area contributed by atoms with Crippen LogP contribution >= 0.6 is 12.6 Å². The van der Waals surface area contributed by atoms with E-state index in [1.165, 1.54) is 11.1 Å². The van der Waals surface area contributed by atoms with Crippen LogP contribution in [0, 0.1) is 0 Å². The number of carboxylic acid groups (broad SMARTS) is 1. The van der Waals surface area contributed by atoms with Gasteiger partial charge in [-0.2, -0.15) is 0 Å². The fourth-order valence-electron chi connectivity index (χ4n) is 1.99. The van der Waals surface area contributed by atoms with Gasteiger partial charge in [0.15, 0.2) is 0 Å². The predicted molar refractivity (Wildman–Crippen MR) is 63.1 cm³/mol. The third-order valence-electron chi connectivity index (χ3n) is 2.69. The molecule has 0 bridgehead atoms. The predicted octanol–water partition coefficient (Wildman–Crippen LogP) is 2.53. The van der Waals surface area contributed by atoms with Crippen LogP contribution in [0.5, 0.6) is 0 Å². The molecule has 1 aromatic rings. The lowest BCUT2D eigenvalue weighted by Gasteiger charge is -2.03. The molecule has 0 radical (unpaired) electrons. The fraction of sp³-hybridized carbons (Fsp3) is 0.250. The Labute approximate surface area is 94.0 Å². The Balaban J connectivity index is 2.42. The maximum Gasteiger partial charge on any atom is 0.341 e. The van der Waals surface area contributed by atoms with Gasteiger partial charge in [0.05, 0.1) is 4.91 Å². The third-order valence-corrected chi connectivity index (χ3v) is 3.01. The Hall–Kier alpha value is -1.22. The minimum absolute atomic E-state index is 0.0929. The monoisotopic (exact) mass is 220 g/mol. The van der Waals surface area contributed by atoms with E-state index in [0.717, 1.165) is 24.8 Å². The van der Waals surface area contributed by atoms with Crippen molar-refractivity contribution in [2.75, 3.05) is 0 Å². The molecule has 0 amide bonds. The van der Waals surface area contributed by atoms with Crippen LogP contribution in [-0.4, -0.2) is 11.1 Å². The summed E-state index contributed by atoms with van der Waals surface area (Å²) in [6.07, 6.45) is 4.94. The van der Waals surface area contributed by atoms with Crippen molar-refractivity contribution in [2.24, 2.45) is 0 Å². The van der Waals surface area contributed by atoms with E-state index in [4.69, 9.17) is 5.11 Å². The van der Waals surface area contributed by atoms with Crippen LogP contribution in [0.1, 0.15) is 23.1 Å². The molecular formula is C12H12O2S. The van der Waals surface area contributed by atoms with Gasteiger partial charge in [-0.05, 0) is 42.0 Å². The van der Waals surface area contributed by atoms with Crippen LogP contribution in [0.4, 0.5) is 0 Å². The second-order valence-electron chi connectivity index (χ2n) is 3.67. The molecular weight excluding hydrogens is 208 g/mol. The zero-order chi connectivity index (χ0) is 10.8. The highest BCUT2D eigenvalue weighted by atomic mass is 32.1. The van der Waals surface area contributed by atoms with Crippen molar-refractivity contribution >= 4 is 24.7 Å². The van der Waals surface area contributed by atoms with E-state index in [0.29, 0.717) is 0 Å². The number of fused-ring (bicyclic) bond motifs is 1. The lowest BCUT2D eigenvalue weighted by Crippen LogP contribution is -1.95. The van der Waals surface area contributed by atoms with Gasteiger partial charge in [-0.25, -0.2) is 4.79 Å². The van der Waals surface area contributed by atoms with Crippen LogP contribution < -0.4 is 0 Å². The molecule has 1 aliphatic carbocycles. The van der Waals surface area contributed by atoms with Crippen LogP contribution in [0.2, 0.25) is 0 Å². The number of hydrogen-bond acceptors (Lipinski definition) is 2. The quantitative estimate of drug-likeness (QED) is 0.593. The Kier molecular flexibility index (Phi) is 2.82. The molecule has 0 unspecified atom stereocenters.